The number of fused-ring (bicyclic) bond motifs is 2. The van der Waals surface area contributed by atoms with Crippen LogP contribution in [0.3, 0.4) is 0 Å². The van der Waals surface area contributed by atoms with Gasteiger partial charge in [-0.25, -0.2) is 13.8 Å². The van der Waals surface area contributed by atoms with Gasteiger partial charge in [0.15, 0.2) is 0 Å². The molecule has 2 saturated heterocycles. The molecule has 3 fully saturated rings. The van der Waals surface area contributed by atoms with Gasteiger partial charge in [-0.2, -0.15) is 0 Å². The van der Waals surface area contributed by atoms with Crippen molar-refractivity contribution >= 4 is 28.8 Å². The predicted molar refractivity (Wildman–Crippen MR) is 142 cm³/mol. The second-order valence-corrected chi connectivity index (χ2v) is 11.7. The molecule has 1 aromatic carbocycles. The molecular formula is C29H36F2N4O3. The Kier molecular flexibility index (Phi) is 6.76. The highest BCUT2D eigenvalue weighted by Crippen LogP contribution is 2.45. The average molecular weight is 527 g/mol. The number of hydrogen-bond donors (Lipinski definition) is 1. The largest absolute Gasteiger partial charge is 0.381 e. The first-order chi connectivity index (χ1) is 18.3. The van der Waals surface area contributed by atoms with Crippen LogP contribution in [0.5, 0.6) is 0 Å². The van der Waals surface area contributed by atoms with Crippen LogP contribution < -0.4 is 15.1 Å². The van der Waals surface area contributed by atoms with Crippen molar-refractivity contribution in [1.82, 2.24) is 4.98 Å². The maximum Gasteiger partial charge on any atom is 0.230 e. The van der Waals surface area contributed by atoms with Crippen molar-refractivity contribution in [2.75, 3.05) is 41.4 Å². The Labute approximate surface area is 222 Å². The van der Waals surface area contributed by atoms with E-state index >= 15 is 4.39 Å². The SMILES string of the molecule is CC(C)O[C@H]1CC[C@H](C(=O)N2Cc3cc(F)cnc3Nc3cc(F)c(N4CC5(CCCOC5)C4)cc32)CC1. The molecule has 1 aromatic heterocycles. The number of nitrogens with one attached hydrogen (secondary N) is 1. The molecule has 2 aromatic rings. The second kappa shape index (κ2) is 10.1. The number of pyridine rings is 1. The molecule has 0 bridgehead atoms. The van der Waals surface area contributed by atoms with Gasteiger partial charge in [0.2, 0.25) is 5.91 Å². The fraction of sp³-hybridized carbons (Fsp3) is 0.586. The molecule has 38 heavy (non-hydrogen) atoms. The van der Waals surface area contributed by atoms with E-state index in [-0.39, 0.29) is 41.8 Å². The van der Waals surface area contributed by atoms with E-state index in [2.05, 4.69) is 10.3 Å². The summed E-state index contributed by atoms with van der Waals surface area (Å²) < 4.78 is 41.3. The van der Waals surface area contributed by atoms with Gasteiger partial charge < -0.3 is 24.6 Å². The van der Waals surface area contributed by atoms with Crippen LogP contribution in [0.2, 0.25) is 0 Å². The summed E-state index contributed by atoms with van der Waals surface area (Å²) in [5.41, 5.74) is 2.20. The minimum atomic E-state index is -0.470. The number of hydrogen-bond acceptors (Lipinski definition) is 6. The number of carbonyl (C=O) groups is 1. The van der Waals surface area contributed by atoms with E-state index < -0.39 is 5.82 Å². The third-order valence-corrected chi connectivity index (χ3v) is 8.42. The lowest BCUT2D eigenvalue weighted by atomic mass is 9.75. The number of halogens is 2. The molecule has 1 saturated carbocycles. The lowest BCUT2D eigenvalue weighted by molar-refractivity contribution is -0.124. The minimum Gasteiger partial charge on any atom is -0.381 e. The molecule has 4 aliphatic rings. The third-order valence-electron chi connectivity index (χ3n) is 8.42. The van der Waals surface area contributed by atoms with Gasteiger partial charge in [-0.15, -0.1) is 0 Å². The first-order valence-electron chi connectivity index (χ1n) is 13.8. The van der Waals surface area contributed by atoms with Crippen LogP contribution >= 0.6 is 0 Å². The fourth-order valence-electron chi connectivity index (χ4n) is 6.55. The molecule has 0 radical (unpaired) electrons. The highest BCUT2D eigenvalue weighted by molar-refractivity contribution is 6.00. The summed E-state index contributed by atoms with van der Waals surface area (Å²) in [5, 5.41) is 3.18. The van der Waals surface area contributed by atoms with E-state index in [1.165, 1.54) is 12.1 Å². The van der Waals surface area contributed by atoms with Crippen LogP contribution in [0.4, 0.5) is 31.7 Å². The Morgan fingerprint density at radius 3 is 2.66 bits per heavy atom. The van der Waals surface area contributed by atoms with Crippen molar-refractivity contribution in [3.63, 3.8) is 0 Å². The summed E-state index contributed by atoms with van der Waals surface area (Å²) >= 11 is 0. The van der Waals surface area contributed by atoms with Crippen molar-refractivity contribution in [3.05, 3.63) is 41.6 Å². The van der Waals surface area contributed by atoms with E-state index in [0.717, 1.165) is 64.4 Å². The topological polar surface area (TPSA) is 66.9 Å². The normalized spacial score (nSPS) is 24.3. The molecule has 1 amide bonds. The zero-order chi connectivity index (χ0) is 26.4. The number of rotatable bonds is 4. The highest BCUT2D eigenvalue weighted by Gasteiger charge is 2.45. The zero-order valence-electron chi connectivity index (χ0n) is 22.1. The predicted octanol–water partition coefficient (Wildman–Crippen LogP) is 5.55. The van der Waals surface area contributed by atoms with Crippen molar-refractivity contribution < 1.29 is 23.0 Å². The van der Waals surface area contributed by atoms with Gasteiger partial charge in [0, 0.05) is 42.7 Å². The molecule has 1 aliphatic carbocycles. The standard InChI is InChI=1S/C29H36F2N4O3/c1-18(2)38-22-6-4-19(5-7-22)28(36)35-14-20-10-21(30)13-32-27(20)33-24-11-23(31)25(12-26(24)35)34-15-29(16-34)8-3-9-37-17-29/h10-13,18-19,22H,3-9,14-17H2,1-2H3,(H,32,33)/t19-,22-. The van der Waals surface area contributed by atoms with Gasteiger partial charge >= 0.3 is 0 Å². The number of amides is 1. The Morgan fingerprint density at radius 1 is 1.16 bits per heavy atom. The number of anilines is 4. The minimum absolute atomic E-state index is 0.0218. The van der Waals surface area contributed by atoms with Crippen LogP contribution in [0.25, 0.3) is 0 Å². The summed E-state index contributed by atoms with van der Waals surface area (Å²) in [6, 6.07) is 4.62. The first kappa shape index (κ1) is 25.5. The molecule has 1 N–H and O–H groups in total. The average Bonchev–Trinajstić information content (AvgIpc) is 3.03. The molecule has 0 atom stereocenters. The van der Waals surface area contributed by atoms with Crippen molar-refractivity contribution in [1.29, 1.82) is 0 Å². The van der Waals surface area contributed by atoms with E-state index in [1.54, 1.807) is 11.0 Å². The molecule has 6 rings (SSSR count). The number of nitrogens with zero attached hydrogens (tertiary/aromatic N) is 3. The molecular weight excluding hydrogens is 490 g/mol. The van der Waals surface area contributed by atoms with Gasteiger partial charge in [0.1, 0.15) is 17.5 Å². The molecule has 0 unspecified atom stereocenters. The summed E-state index contributed by atoms with van der Waals surface area (Å²) in [4.78, 5) is 21.9. The van der Waals surface area contributed by atoms with Crippen LogP contribution in [0, 0.1) is 23.0 Å². The monoisotopic (exact) mass is 526 g/mol. The van der Waals surface area contributed by atoms with Crippen LogP contribution in [-0.2, 0) is 20.8 Å². The van der Waals surface area contributed by atoms with Crippen LogP contribution in [0.1, 0.15) is 57.9 Å². The van der Waals surface area contributed by atoms with E-state index in [9.17, 15) is 9.18 Å². The molecule has 9 heteroatoms. The molecule has 204 valence electrons. The summed E-state index contributed by atoms with van der Waals surface area (Å²) in [5.74, 6) is -0.578. The highest BCUT2D eigenvalue weighted by atomic mass is 19.1. The maximum absolute atomic E-state index is 15.5. The van der Waals surface area contributed by atoms with Gasteiger partial charge in [0.25, 0.3) is 0 Å². The quantitative estimate of drug-likeness (QED) is 0.564. The second-order valence-electron chi connectivity index (χ2n) is 11.7. The van der Waals surface area contributed by atoms with Crippen molar-refractivity contribution in [2.45, 2.75) is 71.1 Å². The van der Waals surface area contributed by atoms with Gasteiger partial charge in [-0.05, 0) is 64.5 Å². The Bertz CT molecular complexity index is 1200. The molecule has 7 nitrogen and oxygen atoms in total. The molecule has 3 aliphatic heterocycles. The summed E-state index contributed by atoms with van der Waals surface area (Å²) in [6.45, 7) is 7.19. The van der Waals surface area contributed by atoms with E-state index in [0.29, 0.717) is 35.1 Å². The molecule has 4 heterocycles. The Morgan fingerprint density at radius 2 is 1.95 bits per heavy atom. The van der Waals surface area contributed by atoms with E-state index in [1.807, 2.05) is 18.7 Å². The number of carbonyl (C=O) groups excluding carboxylic acids is 1. The Hall–Kier alpha value is -2.78. The van der Waals surface area contributed by atoms with Crippen LogP contribution in [-0.4, -0.2) is 49.4 Å². The molecule has 1 spiro atoms. The number of aromatic nitrogens is 1. The summed E-state index contributed by atoms with van der Waals surface area (Å²) in [7, 11) is 0. The van der Waals surface area contributed by atoms with Gasteiger partial charge in [-0.1, -0.05) is 0 Å². The van der Waals surface area contributed by atoms with Crippen molar-refractivity contribution in [3.8, 4) is 0 Å². The Balaban J connectivity index is 1.30. The van der Waals surface area contributed by atoms with Crippen LogP contribution in [0.15, 0.2) is 24.4 Å². The summed E-state index contributed by atoms with van der Waals surface area (Å²) in [6.07, 6.45) is 6.67. The van der Waals surface area contributed by atoms with Gasteiger partial charge in [0.05, 0.1) is 48.6 Å². The zero-order valence-corrected chi connectivity index (χ0v) is 22.1. The first-order valence-corrected chi connectivity index (χ1v) is 13.8. The van der Waals surface area contributed by atoms with Gasteiger partial charge in [-0.3, -0.25) is 4.79 Å². The third kappa shape index (κ3) is 4.86. The lowest BCUT2D eigenvalue weighted by Crippen LogP contribution is -2.60. The lowest BCUT2D eigenvalue weighted by Gasteiger charge is -2.53. The fourth-order valence-corrected chi connectivity index (χ4v) is 6.55. The number of ether oxygens (including phenoxy) is 2. The van der Waals surface area contributed by atoms with E-state index in [4.69, 9.17) is 9.47 Å². The smallest absolute Gasteiger partial charge is 0.230 e. The number of benzene rings is 1. The maximum atomic E-state index is 15.5. The van der Waals surface area contributed by atoms with Crippen molar-refractivity contribution in [2.24, 2.45) is 11.3 Å².